The van der Waals surface area contributed by atoms with Gasteiger partial charge in [0.05, 0.1) is 6.61 Å². The lowest BCUT2D eigenvalue weighted by atomic mass is 9.82. The lowest BCUT2D eigenvalue weighted by Gasteiger charge is -2.32. The second-order valence-corrected chi connectivity index (χ2v) is 3.67. The highest BCUT2D eigenvalue weighted by atomic mass is 16.5. The number of hydrogen-bond donors (Lipinski definition) is 2. The van der Waals surface area contributed by atoms with Crippen molar-refractivity contribution in [1.29, 1.82) is 0 Å². The molecule has 3 N–H and O–H groups in total. The molecular formula is C8H16N2O2. The Morgan fingerprint density at radius 2 is 2.17 bits per heavy atom. The molecule has 0 spiro atoms. The average Bonchev–Trinajstić information content (AvgIpc) is 2.03. The standard InChI is InChI=1S/C8H16N2O2/c1-8(6-12-7(9)11)2-4-10-5-3-8/h10H,2-6H2,1H3,(H2,9,11). The van der Waals surface area contributed by atoms with Gasteiger partial charge in [0.1, 0.15) is 0 Å². The van der Waals surface area contributed by atoms with Crippen molar-refractivity contribution in [3.8, 4) is 0 Å². The Kier molecular flexibility index (Phi) is 2.92. The molecule has 0 saturated carbocycles. The zero-order valence-electron chi connectivity index (χ0n) is 7.43. The van der Waals surface area contributed by atoms with Crippen molar-refractivity contribution in [3.63, 3.8) is 0 Å². The molecule has 0 radical (unpaired) electrons. The van der Waals surface area contributed by atoms with Crippen molar-refractivity contribution < 1.29 is 9.53 Å². The van der Waals surface area contributed by atoms with Crippen LogP contribution in [0.3, 0.4) is 0 Å². The lowest BCUT2D eigenvalue weighted by molar-refractivity contribution is 0.0776. The molecule has 1 fully saturated rings. The maximum atomic E-state index is 10.4. The van der Waals surface area contributed by atoms with Gasteiger partial charge in [-0.3, -0.25) is 0 Å². The fourth-order valence-corrected chi connectivity index (χ4v) is 1.42. The summed E-state index contributed by atoms with van der Waals surface area (Å²) in [5.74, 6) is 0. The van der Waals surface area contributed by atoms with Gasteiger partial charge in [0.25, 0.3) is 0 Å². The number of rotatable bonds is 2. The smallest absolute Gasteiger partial charge is 0.404 e. The molecule has 0 atom stereocenters. The van der Waals surface area contributed by atoms with Crippen LogP contribution < -0.4 is 11.1 Å². The molecule has 0 aromatic heterocycles. The number of nitrogens with two attached hydrogens (primary N) is 1. The highest BCUT2D eigenvalue weighted by molar-refractivity contribution is 5.64. The summed E-state index contributed by atoms with van der Waals surface area (Å²) < 4.78 is 4.80. The van der Waals surface area contributed by atoms with E-state index < -0.39 is 6.09 Å². The van der Waals surface area contributed by atoms with E-state index >= 15 is 0 Å². The summed E-state index contributed by atoms with van der Waals surface area (Å²) in [5, 5.41) is 3.26. The van der Waals surface area contributed by atoms with E-state index in [0.717, 1.165) is 25.9 Å². The highest BCUT2D eigenvalue weighted by Gasteiger charge is 2.27. The van der Waals surface area contributed by atoms with Crippen molar-refractivity contribution in [2.75, 3.05) is 19.7 Å². The van der Waals surface area contributed by atoms with E-state index in [9.17, 15) is 4.79 Å². The molecule has 1 rings (SSSR count). The minimum absolute atomic E-state index is 0.125. The lowest BCUT2D eigenvalue weighted by Crippen LogP contribution is -2.38. The molecule has 4 heteroatoms. The van der Waals surface area contributed by atoms with Gasteiger partial charge in [-0.25, -0.2) is 4.79 Å². The Bertz CT molecular complexity index is 164. The minimum Gasteiger partial charge on any atom is -0.449 e. The molecule has 0 aromatic rings. The molecule has 0 aliphatic carbocycles. The van der Waals surface area contributed by atoms with Crippen LogP contribution >= 0.6 is 0 Å². The molecule has 1 amide bonds. The highest BCUT2D eigenvalue weighted by Crippen LogP contribution is 2.27. The van der Waals surface area contributed by atoms with E-state index in [1.54, 1.807) is 0 Å². The molecule has 12 heavy (non-hydrogen) atoms. The first kappa shape index (κ1) is 9.32. The first-order valence-corrected chi connectivity index (χ1v) is 4.25. The normalized spacial score (nSPS) is 21.8. The van der Waals surface area contributed by atoms with Crippen LogP contribution in [0.25, 0.3) is 0 Å². The van der Waals surface area contributed by atoms with Crippen LogP contribution in [0.4, 0.5) is 4.79 Å². The topological polar surface area (TPSA) is 64.3 Å². The third kappa shape index (κ3) is 2.70. The number of carbonyl (C=O) groups excluding carboxylic acids is 1. The SMILES string of the molecule is CC1(COC(N)=O)CCNCC1. The summed E-state index contributed by atoms with van der Waals surface area (Å²) in [6, 6.07) is 0. The fourth-order valence-electron chi connectivity index (χ4n) is 1.42. The number of nitrogens with one attached hydrogen (secondary N) is 1. The minimum atomic E-state index is -0.672. The Morgan fingerprint density at radius 1 is 1.58 bits per heavy atom. The zero-order valence-corrected chi connectivity index (χ0v) is 7.43. The summed E-state index contributed by atoms with van der Waals surface area (Å²) in [4.78, 5) is 10.4. The molecule has 1 aliphatic heterocycles. The first-order valence-electron chi connectivity index (χ1n) is 4.25. The third-order valence-electron chi connectivity index (χ3n) is 2.37. The van der Waals surface area contributed by atoms with Crippen LogP contribution in [0.5, 0.6) is 0 Å². The number of ether oxygens (including phenoxy) is 1. The number of carbonyl (C=O) groups is 1. The van der Waals surface area contributed by atoms with Gasteiger partial charge in [0, 0.05) is 5.41 Å². The van der Waals surface area contributed by atoms with Crippen molar-refractivity contribution in [1.82, 2.24) is 5.32 Å². The third-order valence-corrected chi connectivity index (χ3v) is 2.37. The molecule has 1 saturated heterocycles. The summed E-state index contributed by atoms with van der Waals surface area (Å²) in [6.07, 6.45) is 1.41. The molecule has 1 aliphatic rings. The van der Waals surface area contributed by atoms with Gasteiger partial charge in [-0.05, 0) is 25.9 Å². The van der Waals surface area contributed by atoms with Crippen molar-refractivity contribution in [2.45, 2.75) is 19.8 Å². The van der Waals surface area contributed by atoms with Crippen LogP contribution in [-0.4, -0.2) is 25.8 Å². The zero-order chi connectivity index (χ0) is 9.03. The van der Waals surface area contributed by atoms with E-state index in [0.29, 0.717) is 6.61 Å². The molecule has 1 heterocycles. The van der Waals surface area contributed by atoms with E-state index in [4.69, 9.17) is 10.5 Å². The summed E-state index contributed by atoms with van der Waals surface area (Å²) in [7, 11) is 0. The van der Waals surface area contributed by atoms with E-state index in [-0.39, 0.29) is 5.41 Å². The summed E-state index contributed by atoms with van der Waals surface area (Å²) in [6.45, 7) is 4.57. The van der Waals surface area contributed by atoms with Gasteiger partial charge in [0.15, 0.2) is 0 Å². The fraction of sp³-hybridized carbons (Fsp3) is 0.875. The maximum Gasteiger partial charge on any atom is 0.404 e. The number of amides is 1. The molecule has 4 nitrogen and oxygen atoms in total. The Morgan fingerprint density at radius 3 is 2.67 bits per heavy atom. The Labute approximate surface area is 72.5 Å². The first-order chi connectivity index (χ1) is 5.62. The molecular weight excluding hydrogens is 156 g/mol. The number of hydrogen-bond acceptors (Lipinski definition) is 3. The molecule has 0 aromatic carbocycles. The van der Waals surface area contributed by atoms with Crippen molar-refractivity contribution in [2.24, 2.45) is 11.1 Å². The van der Waals surface area contributed by atoms with Gasteiger partial charge in [-0.2, -0.15) is 0 Å². The maximum absolute atomic E-state index is 10.4. The van der Waals surface area contributed by atoms with Crippen LogP contribution in [0.2, 0.25) is 0 Å². The van der Waals surface area contributed by atoms with Crippen LogP contribution in [0, 0.1) is 5.41 Å². The quantitative estimate of drug-likeness (QED) is 0.636. The second kappa shape index (κ2) is 3.76. The van der Waals surface area contributed by atoms with Crippen molar-refractivity contribution in [3.05, 3.63) is 0 Å². The predicted octanol–water partition coefficient (Wildman–Crippen LogP) is 0.471. The van der Waals surface area contributed by atoms with Crippen LogP contribution in [0.1, 0.15) is 19.8 Å². The van der Waals surface area contributed by atoms with Gasteiger partial charge in [-0.15, -0.1) is 0 Å². The second-order valence-electron chi connectivity index (χ2n) is 3.67. The number of primary amides is 1. The van der Waals surface area contributed by atoms with Crippen LogP contribution in [-0.2, 0) is 4.74 Å². The monoisotopic (exact) mass is 172 g/mol. The molecule has 0 unspecified atom stereocenters. The van der Waals surface area contributed by atoms with E-state index in [1.807, 2.05) is 0 Å². The Hall–Kier alpha value is -0.770. The predicted molar refractivity (Wildman–Crippen MR) is 45.7 cm³/mol. The summed E-state index contributed by atoms with van der Waals surface area (Å²) in [5.41, 5.74) is 5.02. The van der Waals surface area contributed by atoms with Gasteiger partial charge in [-0.1, -0.05) is 6.92 Å². The van der Waals surface area contributed by atoms with E-state index in [1.165, 1.54) is 0 Å². The van der Waals surface area contributed by atoms with E-state index in [2.05, 4.69) is 12.2 Å². The molecule has 70 valence electrons. The largest absolute Gasteiger partial charge is 0.449 e. The van der Waals surface area contributed by atoms with Gasteiger partial charge in [0.2, 0.25) is 0 Å². The van der Waals surface area contributed by atoms with Crippen LogP contribution in [0.15, 0.2) is 0 Å². The van der Waals surface area contributed by atoms with Gasteiger partial charge >= 0.3 is 6.09 Å². The average molecular weight is 172 g/mol. The molecule has 0 bridgehead atoms. The Balaban J connectivity index is 2.31. The van der Waals surface area contributed by atoms with Gasteiger partial charge < -0.3 is 15.8 Å². The summed E-state index contributed by atoms with van der Waals surface area (Å²) >= 11 is 0. The van der Waals surface area contributed by atoms with Crippen molar-refractivity contribution >= 4 is 6.09 Å². The number of piperidine rings is 1.